The highest BCUT2D eigenvalue weighted by molar-refractivity contribution is 7.91. The molecule has 0 amide bonds. The first-order chi connectivity index (χ1) is 10.0. The molecule has 1 aliphatic rings. The number of sulfone groups is 1. The maximum atomic E-state index is 13.7. The number of ether oxygens (including phenoxy) is 1. The molecular formula is C15H14FNO3S. The van der Waals surface area contributed by atoms with Crippen molar-refractivity contribution in [3.8, 4) is 5.75 Å². The van der Waals surface area contributed by atoms with Gasteiger partial charge < -0.3 is 10.1 Å². The largest absolute Gasteiger partial charge is 0.494 e. The van der Waals surface area contributed by atoms with Crippen molar-refractivity contribution in [3.05, 3.63) is 53.8 Å². The standard InChI is InChI=1S/C15H14FNO3S/c1-20-14-7-6-10(8-12(14)16)17-13-9-21(18,19)15-5-3-2-4-11(13)15/h2-8,13,17H,9H2,1H3. The predicted octanol–water partition coefficient (Wildman–Crippen LogP) is 2.77. The fourth-order valence-corrected chi connectivity index (χ4v) is 4.26. The van der Waals surface area contributed by atoms with E-state index in [1.54, 1.807) is 30.3 Å². The van der Waals surface area contributed by atoms with Gasteiger partial charge in [-0.25, -0.2) is 12.8 Å². The summed E-state index contributed by atoms with van der Waals surface area (Å²) in [5, 5.41) is 3.07. The first-order valence-electron chi connectivity index (χ1n) is 6.43. The SMILES string of the molecule is COc1ccc(NC2CS(=O)(=O)c3ccccc32)cc1F. The van der Waals surface area contributed by atoms with Crippen LogP contribution in [0.15, 0.2) is 47.4 Å². The third kappa shape index (κ3) is 2.47. The Bertz CT molecular complexity index is 789. The number of rotatable bonds is 3. The molecule has 1 N–H and O–H groups in total. The quantitative estimate of drug-likeness (QED) is 0.947. The van der Waals surface area contributed by atoms with E-state index in [-0.39, 0.29) is 17.5 Å². The van der Waals surface area contributed by atoms with Gasteiger partial charge in [-0.3, -0.25) is 0 Å². The lowest BCUT2D eigenvalue weighted by atomic mass is 10.1. The Morgan fingerprint density at radius 1 is 1.24 bits per heavy atom. The maximum Gasteiger partial charge on any atom is 0.181 e. The van der Waals surface area contributed by atoms with Crippen molar-refractivity contribution in [3.63, 3.8) is 0 Å². The van der Waals surface area contributed by atoms with Crippen LogP contribution in [0, 0.1) is 5.82 Å². The number of halogens is 1. The van der Waals surface area contributed by atoms with E-state index in [2.05, 4.69) is 5.32 Å². The van der Waals surface area contributed by atoms with Crippen molar-refractivity contribution in [2.45, 2.75) is 10.9 Å². The van der Waals surface area contributed by atoms with E-state index in [1.807, 2.05) is 0 Å². The van der Waals surface area contributed by atoms with Crippen molar-refractivity contribution >= 4 is 15.5 Å². The van der Waals surface area contributed by atoms with Crippen LogP contribution in [0.2, 0.25) is 0 Å². The average molecular weight is 307 g/mol. The average Bonchev–Trinajstić information content (AvgIpc) is 2.71. The van der Waals surface area contributed by atoms with Gasteiger partial charge in [0.1, 0.15) is 0 Å². The van der Waals surface area contributed by atoms with Crippen molar-refractivity contribution in [1.29, 1.82) is 0 Å². The Morgan fingerprint density at radius 2 is 2.00 bits per heavy atom. The number of fused-ring (bicyclic) bond motifs is 1. The molecule has 0 saturated heterocycles. The first-order valence-corrected chi connectivity index (χ1v) is 8.08. The van der Waals surface area contributed by atoms with E-state index in [0.29, 0.717) is 16.1 Å². The Hall–Kier alpha value is -2.08. The molecule has 0 aliphatic carbocycles. The fraction of sp³-hybridized carbons (Fsp3) is 0.200. The summed E-state index contributed by atoms with van der Waals surface area (Å²) in [7, 11) is -1.88. The van der Waals surface area contributed by atoms with Gasteiger partial charge in [0, 0.05) is 11.8 Å². The van der Waals surface area contributed by atoms with Crippen LogP contribution >= 0.6 is 0 Å². The lowest BCUT2D eigenvalue weighted by Crippen LogP contribution is -2.13. The van der Waals surface area contributed by atoms with Crippen LogP contribution < -0.4 is 10.1 Å². The van der Waals surface area contributed by atoms with Crippen LogP contribution in [0.4, 0.5) is 10.1 Å². The zero-order valence-electron chi connectivity index (χ0n) is 11.3. The van der Waals surface area contributed by atoms with Gasteiger partial charge in [0.2, 0.25) is 0 Å². The van der Waals surface area contributed by atoms with Gasteiger partial charge in [-0.15, -0.1) is 0 Å². The number of methoxy groups -OCH3 is 1. The Morgan fingerprint density at radius 3 is 2.71 bits per heavy atom. The number of hydrogen-bond acceptors (Lipinski definition) is 4. The van der Waals surface area contributed by atoms with Gasteiger partial charge in [-0.2, -0.15) is 0 Å². The monoisotopic (exact) mass is 307 g/mol. The van der Waals surface area contributed by atoms with Crippen LogP contribution in [0.25, 0.3) is 0 Å². The minimum Gasteiger partial charge on any atom is -0.494 e. The highest BCUT2D eigenvalue weighted by Crippen LogP contribution is 2.35. The summed E-state index contributed by atoms with van der Waals surface area (Å²) in [6.45, 7) is 0. The van der Waals surface area contributed by atoms with Gasteiger partial charge in [-0.1, -0.05) is 18.2 Å². The molecule has 2 aromatic carbocycles. The topological polar surface area (TPSA) is 55.4 Å². The molecule has 0 bridgehead atoms. The molecule has 0 fully saturated rings. The molecule has 0 aromatic heterocycles. The summed E-state index contributed by atoms with van der Waals surface area (Å²) in [4.78, 5) is 0.344. The summed E-state index contributed by atoms with van der Waals surface area (Å²) in [5.41, 5.74) is 1.24. The second kappa shape index (κ2) is 5.04. The lowest BCUT2D eigenvalue weighted by molar-refractivity contribution is 0.386. The molecule has 0 saturated carbocycles. The second-order valence-corrected chi connectivity index (χ2v) is 6.87. The molecule has 0 radical (unpaired) electrons. The van der Waals surface area contributed by atoms with Crippen LogP contribution in [-0.4, -0.2) is 21.3 Å². The molecule has 3 rings (SSSR count). The van der Waals surface area contributed by atoms with E-state index in [1.165, 1.54) is 19.2 Å². The molecule has 1 aliphatic heterocycles. The van der Waals surface area contributed by atoms with Crippen LogP contribution in [0.3, 0.4) is 0 Å². The van der Waals surface area contributed by atoms with Crippen molar-refractivity contribution in [1.82, 2.24) is 0 Å². The summed E-state index contributed by atoms with van der Waals surface area (Å²) in [6, 6.07) is 11.0. The van der Waals surface area contributed by atoms with Gasteiger partial charge in [-0.05, 0) is 23.8 Å². The smallest absolute Gasteiger partial charge is 0.181 e. The van der Waals surface area contributed by atoms with Gasteiger partial charge in [0.05, 0.1) is 23.8 Å². The molecule has 0 spiro atoms. The van der Waals surface area contributed by atoms with E-state index >= 15 is 0 Å². The molecular weight excluding hydrogens is 293 g/mol. The van der Waals surface area contributed by atoms with Gasteiger partial charge >= 0.3 is 0 Å². The third-order valence-electron chi connectivity index (χ3n) is 3.51. The summed E-state index contributed by atoms with van der Waals surface area (Å²) in [6.07, 6.45) is 0. The highest BCUT2D eigenvalue weighted by atomic mass is 32.2. The molecule has 1 heterocycles. The maximum absolute atomic E-state index is 13.7. The molecule has 21 heavy (non-hydrogen) atoms. The minimum absolute atomic E-state index is 0.0278. The number of anilines is 1. The zero-order valence-corrected chi connectivity index (χ0v) is 12.2. The molecule has 4 nitrogen and oxygen atoms in total. The van der Waals surface area contributed by atoms with Crippen LogP contribution in [0.5, 0.6) is 5.75 Å². The Balaban J connectivity index is 1.92. The first kappa shape index (κ1) is 13.9. The predicted molar refractivity (Wildman–Crippen MR) is 77.8 cm³/mol. The molecule has 6 heteroatoms. The minimum atomic E-state index is -3.28. The van der Waals surface area contributed by atoms with Gasteiger partial charge in [0.15, 0.2) is 21.4 Å². The number of nitrogens with one attached hydrogen (secondary N) is 1. The van der Waals surface area contributed by atoms with E-state index in [4.69, 9.17) is 4.74 Å². The molecule has 1 unspecified atom stereocenters. The van der Waals surface area contributed by atoms with Crippen LogP contribution in [0.1, 0.15) is 11.6 Å². The summed E-state index contributed by atoms with van der Waals surface area (Å²) >= 11 is 0. The Labute approximate surface area is 122 Å². The van der Waals surface area contributed by atoms with E-state index < -0.39 is 15.7 Å². The second-order valence-electron chi connectivity index (χ2n) is 4.87. The van der Waals surface area contributed by atoms with Crippen molar-refractivity contribution < 1.29 is 17.5 Å². The molecule has 110 valence electrons. The zero-order chi connectivity index (χ0) is 15.0. The normalized spacial score (nSPS) is 19.0. The van der Waals surface area contributed by atoms with Gasteiger partial charge in [0.25, 0.3) is 0 Å². The Kier molecular flexibility index (Phi) is 3.33. The lowest BCUT2D eigenvalue weighted by Gasteiger charge is -2.14. The summed E-state index contributed by atoms with van der Waals surface area (Å²) in [5.74, 6) is -0.364. The highest BCUT2D eigenvalue weighted by Gasteiger charge is 2.34. The van der Waals surface area contributed by atoms with Crippen LogP contribution in [-0.2, 0) is 9.84 Å². The third-order valence-corrected chi connectivity index (χ3v) is 5.32. The number of hydrogen-bond donors (Lipinski definition) is 1. The van der Waals surface area contributed by atoms with Crippen molar-refractivity contribution in [2.75, 3.05) is 18.2 Å². The molecule has 2 aromatic rings. The van der Waals surface area contributed by atoms with E-state index in [0.717, 1.165) is 0 Å². The molecule has 1 atom stereocenters. The fourth-order valence-electron chi connectivity index (χ4n) is 2.53. The number of benzene rings is 2. The van der Waals surface area contributed by atoms with Crippen molar-refractivity contribution in [2.24, 2.45) is 0 Å². The van der Waals surface area contributed by atoms with E-state index in [9.17, 15) is 12.8 Å². The summed E-state index contributed by atoms with van der Waals surface area (Å²) < 4.78 is 42.7.